The molecule has 0 aliphatic carbocycles. The number of aromatic nitrogens is 2. The molecule has 1 heterocycles. The number of nitrogens with one attached hydrogen (secondary N) is 2. The third-order valence-corrected chi connectivity index (χ3v) is 3.82. The molecule has 3 rings (SSSR count). The third kappa shape index (κ3) is 3.69. The first-order valence-corrected chi connectivity index (χ1v) is 7.72. The van der Waals surface area contributed by atoms with Crippen LogP contribution in [0.1, 0.15) is 12.0 Å². The van der Waals surface area contributed by atoms with Crippen LogP contribution < -0.4 is 11.0 Å². The number of fused-ring (bicyclic) bond motifs is 1. The van der Waals surface area contributed by atoms with E-state index < -0.39 is 0 Å². The van der Waals surface area contributed by atoms with Gasteiger partial charge in [-0.2, -0.15) is 0 Å². The van der Waals surface area contributed by atoms with Gasteiger partial charge in [0.1, 0.15) is 0 Å². The number of aryl methyl sites for hydroxylation is 1. The lowest BCUT2D eigenvalue weighted by Crippen LogP contribution is -2.30. The SMILES string of the molecule is O=C(CCc1ccccc1)NCCn1c(=O)[nH]c2ccccc21. The summed E-state index contributed by atoms with van der Waals surface area (Å²) in [5.74, 6) is 0.00161. The molecule has 3 aromatic rings. The highest BCUT2D eigenvalue weighted by molar-refractivity contribution is 5.76. The number of imidazole rings is 1. The van der Waals surface area contributed by atoms with Crippen molar-refractivity contribution in [2.75, 3.05) is 6.54 Å². The molecule has 0 radical (unpaired) electrons. The Kier molecular flexibility index (Phi) is 4.57. The molecule has 1 amide bonds. The van der Waals surface area contributed by atoms with Crippen molar-refractivity contribution in [3.8, 4) is 0 Å². The van der Waals surface area contributed by atoms with Crippen LogP contribution in [-0.4, -0.2) is 22.0 Å². The van der Waals surface area contributed by atoms with Crippen LogP contribution in [0.25, 0.3) is 11.0 Å². The fraction of sp³-hybridized carbons (Fsp3) is 0.222. The number of benzene rings is 2. The van der Waals surface area contributed by atoms with Crippen LogP contribution >= 0.6 is 0 Å². The van der Waals surface area contributed by atoms with Gasteiger partial charge < -0.3 is 10.3 Å². The van der Waals surface area contributed by atoms with Crippen molar-refractivity contribution in [3.63, 3.8) is 0 Å². The Morgan fingerprint density at radius 3 is 2.61 bits per heavy atom. The van der Waals surface area contributed by atoms with Gasteiger partial charge in [0, 0.05) is 19.5 Å². The van der Waals surface area contributed by atoms with E-state index in [0.717, 1.165) is 23.0 Å². The lowest BCUT2D eigenvalue weighted by atomic mass is 10.1. The van der Waals surface area contributed by atoms with E-state index in [1.54, 1.807) is 4.57 Å². The number of para-hydroxylation sites is 2. The molecule has 0 saturated carbocycles. The summed E-state index contributed by atoms with van der Waals surface area (Å²) in [5.41, 5.74) is 2.67. The molecule has 5 heteroatoms. The molecule has 0 aliphatic rings. The van der Waals surface area contributed by atoms with Crippen LogP contribution in [0.5, 0.6) is 0 Å². The van der Waals surface area contributed by atoms with Gasteiger partial charge >= 0.3 is 5.69 Å². The number of carbonyl (C=O) groups excluding carboxylic acids is 1. The summed E-state index contributed by atoms with van der Waals surface area (Å²) in [6.07, 6.45) is 1.17. The first kappa shape index (κ1) is 15.1. The maximum atomic E-state index is 11.9. The molecule has 0 aliphatic heterocycles. The highest BCUT2D eigenvalue weighted by Crippen LogP contribution is 2.08. The summed E-state index contributed by atoms with van der Waals surface area (Å²) < 4.78 is 1.65. The Morgan fingerprint density at radius 2 is 1.78 bits per heavy atom. The van der Waals surface area contributed by atoms with Gasteiger partial charge in [-0.1, -0.05) is 42.5 Å². The van der Waals surface area contributed by atoms with Gasteiger partial charge in [-0.15, -0.1) is 0 Å². The monoisotopic (exact) mass is 309 g/mol. The van der Waals surface area contributed by atoms with Gasteiger partial charge in [0.25, 0.3) is 0 Å². The minimum atomic E-state index is -0.148. The standard InChI is InChI=1S/C18H19N3O2/c22-17(11-10-14-6-2-1-3-7-14)19-12-13-21-16-9-5-4-8-15(16)20-18(21)23/h1-9H,10-13H2,(H,19,22)(H,20,23). The van der Waals surface area contributed by atoms with Crippen molar-refractivity contribution < 1.29 is 4.79 Å². The number of rotatable bonds is 6. The van der Waals surface area contributed by atoms with Crippen molar-refractivity contribution in [2.45, 2.75) is 19.4 Å². The van der Waals surface area contributed by atoms with E-state index in [2.05, 4.69) is 10.3 Å². The van der Waals surface area contributed by atoms with E-state index in [4.69, 9.17) is 0 Å². The third-order valence-electron chi connectivity index (χ3n) is 3.82. The van der Waals surface area contributed by atoms with Crippen LogP contribution in [-0.2, 0) is 17.8 Å². The molecule has 0 spiro atoms. The Morgan fingerprint density at radius 1 is 1.04 bits per heavy atom. The molecule has 0 atom stereocenters. The smallest absolute Gasteiger partial charge is 0.326 e. The van der Waals surface area contributed by atoms with Gasteiger partial charge in [0.15, 0.2) is 0 Å². The number of aromatic amines is 1. The molecule has 5 nitrogen and oxygen atoms in total. The molecule has 23 heavy (non-hydrogen) atoms. The van der Waals surface area contributed by atoms with Crippen molar-refractivity contribution >= 4 is 16.9 Å². The lowest BCUT2D eigenvalue weighted by molar-refractivity contribution is -0.121. The van der Waals surface area contributed by atoms with E-state index in [1.807, 2.05) is 54.6 Å². The minimum absolute atomic E-state index is 0.00161. The van der Waals surface area contributed by atoms with Gasteiger partial charge in [-0.05, 0) is 24.1 Å². The molecule has 2 N–H and O–H groups in total. The fourth-order valence-electron chi connectivity index (χ4n) is 2.63. The Balaban J connectivity index is 1.51. The first-order valence-electron chi connectivity index (χ1n) is 7.72. The Hall–Kier alpha value is -2.82. The molecule has 0 saturated heterocycles. The minimum Gasteiger partial charge on any atom is -0.354 e. The summed E-state index contributed by atoms with van der Waals surface area (Å²) in [6.45, 7) is 0.898. The Labute approximate surface area is 134 Å². The number of carbonyl (C=O) groups is 1. The van der Waals surface area contributed by atoms with Crippen molar-refractivity contribution in [2.24, 2.45) is 0 Å². The Bertz CT molecular complexity index is 849. The average Bonchev–Trinajstić information content (AvgIpc) is 2.90. The van der Waals surface area contributed by atoms with Gasteiger partial charge in [0.2, 0.25) is 5.91 Å². The summed E-state index contributed by atoms with van der Waals surface area (Å²) >= 11 is 0. The fourth-order valence-corrected chi connectivity index (χ4v) is 2.63. The lowest BCUT2D eigenvalue weighted by Gasteiger charge is -2.06. The predicted octanol–water partition coefficient (Wildman–Crippen LogP) is 2.08. The van der Waals surface area contributed by atoms with Crippen LogP contribution in [0.2, 0.25) is 0 Å². The van der Waals surface area contributed by atoms with Crippen molar-refractivity contribution in [3.05, 3.63) is 70.6 Å². The number of amides is 1. The van der Waals surface area contributed by atoms with Gasteiger partial charge in [-0.25, -0.2) is 4.79 Å². The molecular formula is C18H19N3O2. The van der Waals surface area contributed by atoms with Crippen molar-refractivity contribution in [1.29, 1.82) is 0 Å². The number of hydrogen-bond acceptors (Lipinski definition) is 2. The second kappa shape index (κ2) is 6.96. The quantitative estimate of drug-likeness (QED) is 0.732. The zero-order valence-electron chi connectivity index (χ0n) is 12.8. The summed E-state index contributed by atoms with van der Waals surface area (Å²) in [7, 11) is 0. The molecule has 0 unspecified atom stereocenters. The average molecular weight is 309 g/mol. The maximum absolute atomic E-state index is 11.9. The number of nitrogens with zero attached hydrogens (tertiary/aromatic N) is 1. The topological polar surface area (TPSA) is 66.9 Å². The van der Waals surface area contributed by atoms with Crippen LogP contribution in [0.15, 0.2) is 59.4 Å². The van der Waals surface area contributed by atoms with E-state index in [9.17, 15) is 9.59 Å². The summed E-state index contributed by atoms with van der Waals surface area (Å²) in [6, 6.07) is 17.5. The summed E-state index contributed by atoms with van der Waals surface area (Å²) in [5, 5.41) is 2.87. The predicted molar refractivity (Wildman–Crippen MR) is 90.3 cm³/mol. The first-order chi connectivity index (χ1) is 11.2. The molecule has 2 aromatic carbocycles. The van der Waals surface area contributed by atoms with Crippen LogP contribution in [0, 0.1) is 0 Å². The zero-order valence-corrected chi connectivity index (χ0v) is 12.8. The molecular weight excluding hydrogens is 290 g/mol. The summed E-state index contributed by atoms with van der Waals surface area (Å²) in [4.78, 5) is 26.6. The highest BCUT2D eigenvalue weighted by Gasteiger charge is 2.06. The van der Waals surface area contributed by atoms with E-state index in [1.165, 1.54) is 0 Å². The van der Waals surface area contributed by atoms with Crippen LogP contribution in [0.3, 0.4) is 0 Å². The van der Waals surface area contributed by atoms with E-state index in [0.29, 0.717) is 19.5 Å². The van der Waals surface area contributed by atoms with Crippen molar-refractivity contribution in [1.82, 2.24) is 14.9 Å². The second-order valence-corrected chi connectivity index (χ2v) is 5.43. The zero-order chi connectivity index (χ0) is 16.1. The number of hydrogen-bond donors (Lipinski definition) is 2. The largest absolute Gasteiger partial charge is 0.354 e. The number of H-pyrrole nitrogens is 1. The molecule has 0 bridgehead atoms. The van der Waals surface area contributed by atoms with Crippen LogP contribution in [0.4, 0.5) is 0 Å². The maximum Gasteiger partial charge on any atom is 0.326 e. The van der Waals surface area contributed by atoms with Gasteiger partial charge in [-0.3, -0.25) is 9.36 Å². The highest BCUT2D eigenvalue weighted by atomic mass is 16.2. The van der Waals surface area contributed by atoms with E-state index in [-0.39, 0.29) is 11.6 Å². The second-order valence-electron chi connectivity index (χ2n) is 5.43. The normalized spacial score (nSPS) is 10.8. The molecule has 118 valence electrons. The van der Waals surface area contributed by atoms with Gasteiger partial charge in [0.05, 0.1) is 11.0 Å². The molecule has 0 fully saturated rings. The molecule has 1 aromatic heterocycles. The van der Waals surface area contributed by atoms with E-state index >= 15 is 0 Å².